The zero-order chi connectivity index (χ0) is 20.0. The van der Waals surface area contributed by atoms with Gasteiger partial charge in [-0.3, -0.25) is 14.4 Å². The van der Waals surface area contributed by atoms with E-state index in [1.165, 1.54) is 4.90 Å². The molecule has 0 aliphatic carbocycles. The smallest absolute Gasteiger partial charge is 0.374 e. The Morgan fingerprint density at radius 1 is 1.19 bits per heavy atom. The van der Waals surface area contributed by atoms with Crippen molar-refractivity contribution in [1.82, 2.24) is 10.2 Å². The maximum Gasteiger partial charge on any atom is 0.374 e. The Balaban J connectivity index is 2.05. The van der Waals surface area contributed by atoms with Gasteiger partial charge in [0.15, 0.2) is 12.0 Å². The van der Waals surface area contributed by atoms with Crippen molar-refractivity contribution in [2.24, 2.45) is 0 Å². The standard InChI is InChI=1S/C19H22N2O6/c1-4-20-17(23)10-21(5-2)18(24)11-26-19(25)16-9-14(22)13-8-12(3)6-7-15(13)27-16/h6-9H,4-5,10-11H2,1-3H3,(H,20,23). The van der Waals surface area contributed by atoms with Crippen LogP contribution in [-0.4, -0.2) is 48.9 Å². The van der Waals surface area contributed by atoms with Crippen LogP contribution in [0.5, 0.6) is 0 Å². The number of carbonyl (C=O) groups is 3. The fourth-order valence-electron chi connectivity index (χ4n) is 2.46. The van der Waals surface area contributed by atoms with E-state index in [2.05, 4.69) is 5.32 Å². The minimum absolute atomic E-state index is 0.120. The van der Waals surface area contributed by atoms with Crippen LogP contribution in [0.4, 0.5) is 0 Å². The molecule has 8 nitrogen and oxygen atoms in total. The van der Waals surface area contributed by atoms with E-state index in [4.69, 9.17) is 9.15 Å². The summed E-state index contributed by atoms with van der Waals surface area (Å²) in [5, 5.41) is 2.96. The number of benzene rings is 1. The molecule has 0 atom stereocenters. The van der Waals surface area contributed by atoms with E-state index in [9.17, 15) is 19.2 Å². The molecule has 27 heavy (non-hydrogen) atoms. The molecule has 1 N–H and O–H groups in total. The first-order valence-electron chi connectivity index (χ1n) is 8.61. The third-order valence-electron chi connectivity index (χ3n) is 3.85. The topological polar surface area (TPSA) is 106 Å². The van der Waals surface area contributed by atoms with Gasteiger partial charge in [-0.25, -0.2) is 4.79 Å². The minimum atomic E-state index is -0.919. The van der Waals surface area contributed by atoms with Gasteiger partial charge in [0.05, 0.1) is 11.9 Å². The maximum absolute atomic E-state index is 12.1. The van der Waals surface area contributed by atoms with Crippen LogP contribution >= 0.6 is 0 Å². The molecule has 2 amide bonds. The van der Waals surface area contributed by atoms with Gasteiger partial charge in [0.1, 0.15) is 5.58 Å². The lowest BCUT2D eigenvalue weighted by atomic mass is 10.1. The van der Waals surface area contributed by atoms with Gasteiger partial charge in [-0.1, -0.05) is 11.6 Å². The first-order chi connectivity index (χ1) is 12.8. The molecular formula is C19H22N2O6. The number of nitrogens with zero attached hydrogens (tertiary/aromatic N) is 1. The Morgan fingerprint density at radius 2 is 1.93 bits per heavy atom. The third-order valence-corrected chi connectivity index (χ3v) is 3.85. The predicted molar refractivity (Wildman–Crippen MR) is 98.4 cm³/mol. The molecular weight excluding hydrogens is 352 g/mol. The second-order valence-corrected chi connectivity index (χ2v) is 5.91. The number of hydrogen-bond donors (Lipinski definition) is 1. The monoisotopic (exact) mass is 374 g/mol. The number of nitrogens with one attached hydrogen (secondary N) is 1. The molecule has 2 aromatic rings. The van der Waals surface area contributed by atoms with Crippen LogP contribution in [0.25, 0.3) is 11.0 Å². The van der Waals surface area contributed by atoms with Crippen molar-refractivity contribution >= 4 is 28.8 Å². The summed E-state index contributed by atoms with van der Waals surface area (Å²) < 4.78 is 10.4. The Kier molecular flexibility index (Phi) is 6.70. The van der Waals surface area contributed by atoms with Gasteiger partial charge < -0.3 is 19.4 Å². The van der Waals surface area contributed by atoms with Crippen LogP contribution in [0.2, 0.25) is 0 Å². The van der Waals surface area contributed by atoms with E-state index in [1.54, 1.807) is 32.0 Å². The molecule has 0 fully saturated rings. The number of ether oxygens (including phenoxy) is 1. The molecule has 0 spiro atoms. The quantitative estimate of drug-likeness (QED) is 0.731. The Hall–Kier alpha value is -3.16. The minimum Gasteiger partial charge on any atom is -0.450 e. The first-order valence-corrected chi connectivity index (χ1v) is 8.61. The SMILES string of the molecule is CCNC(=O)CN(CC)C(=O)COC(=O)c1cc(=O)c2cc(C)ccc2o1. The molecule has 1 heterocycles. The maximum atomic E-state index is 12.1. The highest BCUT2D eigenvalue weighted by atomic mass is 16.5. The molecule has 0 saturated heterocycles. The zero-order valence-electron chi connectivity index (χ0n) is 15.5. The van der Waals surface area contributed by atoms with Crippen LogP contribution in [0.15, 0.2) is 33.5 Å². The second-order valence-electron chi connectivity index (χ2n) is 5.91. The summed E-state index contributed by atoms with van der Waals surface area (Å²) >= 11 is 0. The Morgan fingerprint density at radius 3 is 2.59 bits per heavy atom. The van der Waals surface area contributed by atoms with Gasteiger partial charge in [0, 0.05) is 19.2 Å². The summed E-state index contributed by atoms with van der Waals surface area (Å²) in [7, 11) is 0. The lowest BCUT2D eigenvalue weighted by Gasteiger charge is -2.19. The van der Waals surface area contributed by atoms with E-state index in [1.807, 2.05) is 6.92 Å². The fraction of sp³-hybridized carbons (Fsp3) is 0.368. The van der Waals surface area contributed by atoms with Crippen molar-refractivity contribution in [3.63, 3.8) is 0 Å². The van der Waals surface area contributed by atoms with Gasteiger partial charge in [-0.2, -0.15) is 0 Å². The molecule has 1 aromatic heterocycles. The summed E-state index contributed by atoms with van der Waals surface area (Å²) in [6, 6.07) is 6.06. The Bertz CT molecular complexity index is 918. The van der Waals surface area contributed by atoms with E-state index >= 15 is 0 Å². The van der Waals surface area contributed by atoms with Crippen LogP contribution in [0, 0.1) is 6.92 Å². The molecule has 0 saturated carbocycles. The summed E-state index contributed by atoms with van der Waals surface area (Å²) in [5.41, 5.74) is 0.782. The summed E-state index contributed by atoms with van der Waals surface area (Å²) in [6.07, 6.45) is 0. The number of fused-ring (bicyclic) bond motifs is 1. The highest BCUT2D eigenvalue weighted by Gasteiger charge is 2.19. The summed E-state index contributed by atoms with van der Waals surface area (Å²) in [4.78, 5) is 49.3. The molecule has 0 aliphatic rings. The number of hydrogen-bond acceptors (Lipinski definition) is 6. The number of likely N-dealkylation sites (N-methyl/N-ethyl adjacent to an activating group) is 2. The lowest BCUT2D eigenvalue weighted by molar-refractivity contribution is -0.138. The van der Waals surface area contributed by atoms with Gasteiger partial charge >= 0.3 is 5.97 Å². The highest BCUT2D eigenvalue weighted by molar-refractivity contribution is 5.91. The average molecular weight is 374 g/mol. The largest absolute Gasteiger partial charge is 0.450 e. The molecule has 0 radical (unpaired) electrons. The molecule has 1 aromatic carbocycles. The van der Waals surface area contributed by atoms with Crippen LogP contribution in [0.3, 0.4) is 0 Å². The molecule has 8 heteroatoms. The summed E-state index contributed by atoms with van der Waals surface area (Å²) in [5.74, 6) is -2.02. The van der Waals surface area contributed by atoms with E-state index in [0.717, 1.165) is 11.6 Å². The Labute approximate surface area is 156 Å². The summed E-state index contributed by atoms with van der Waals surface area (Å²) in [6.45, 7) is 5.40. The van der Waals surface area contributed by atoms with Crippen molar-refractivity contribution in [2.45, 2.75) is 20.8 Å². The van der Waals surface area contributed by atoms with E-state index in [0.29, 0.717) is 11.9 Å². The number of esters is 1. The number of aryl methyl sites for hydroxylation is 1. The first kappa shape index (κ1) is 20.2. The number of rotatable bonds is 7. The van der Waals surface area contributed by atoms with Gasteiger partial charge in [0.2, 0.25) is 11.7 Å². The van der Waals surface area contributed by atoms with Crippen LogP contribution < -0.4 is 10.7 Å². The van der Waals surface area contributed by atoms with Crippen molar-refractivity contribution in [1.29, 1.82) is 0 Å². The molecule has 0 aliphatic heterocycles. The van der Waals surface area contributed by atoms with Crippen LogP contribution in [-0.2, 0) is 14.3 Å². The fourth-order valence-corrected chi connectivity index (χ4v) is 2.46. The normalized spacial score (nSPS) is 10.5. The third kappa shape index (κ3) is 5.16. The van der Waals surface area contributed by atoms with Crippen molar-refractivity contribution in [3.8, 4) is 0 Å². The zero-order valence-corrected chi connectivity index (χ0v) is 15.5. The average Bonchev–Trinajstić information content (AvgIpc) is 2.64. The second kappa shape index (κ2) is 8.98. The van der Waals surface area contributed by atoms with Crippen molar-refractivity contribution in [3.05, 3.63) is 45.8 Å². The molecule has 144 valence electrons. The van der Waals surface area contributed by atoms with Crippen LogP contribution in [0.1, 0.15) is 30.0 Å². The predicted octanol–water partition coefficient (Wildman–Crippen LogP) is 1.24. The van der Waals surface area contributed by atoms with E-state index in [-0.39, 0.29) is 35.8 Å². The van der Waals surface area contributed by atoms with Gasteiger partial charge in [-0.15, -0.1) is 0 Å². The van der Waals surface area contributed by atoms with Crippen molar-refractivity contribution in [2.75, 3.05) is 26.2 Å². The number of amides is 2. The van der Waals surface area contributed by atoms with Gasteiger partial charge in [-0.05, 0) is 32.9 Å². The number of carbonyl (C=O) groups excluding carboxylic acids is 3. The molecule has 0 bridgehead atoms. The lowest BCUT2D eigenvalue weighted by Crippen LogP contribution is -2.42. The highest BCUT2D eigenvalue weighted by Crippen LogP contribution is 2.14. The molecule has 2 rings (SSSR count). The van der Waals surface area contributed by atoms with E-state index < -0.39 is 18.5 Å². The van der Waals surface area contributed by atoms with Crippen molar-refractivity contribution < 1.29 is 23.5 Å². The van der Waals surface area contributed by atoms with Gasteiger partial charge in [0.25, 0.3) is 5.91 Å². The molecule has 0 unspecified atom stereocenters.